The van der Waals surface area contributed by atoms with Gasteiger partial charge in [0, 0.05) is 14.1 Å². The normalized spacial score (nSPS) is 17.1. The summed E-state index contributed by atoms with van der Waals surface area (Å²) in [4.78, 5) is 2.16. The van der Waals surface area contributed by atoms with E-state index in [4.69, 9.17) is 0 Å². The Bertz CT molecular complexity index is 575. The standard InChI is InChI=1S/C17H20N2/c1-19(2)17-10-6-5-9-16(17)18-15-12-11-13-7-3-4-8-14(13)15/h3-10,15,18H,11-12H2,1-2H3. The zero-order chi connectivity index (χ0) is 13.2. The van der Waals surface area contributed by atoms with Gasteiger partial charge in [-0.05, 0) is 36.1 Å². The van der Waals surface area contributed by atoms with Crippen molar-refractivity contribution in [2.75, 3.05) is 24.3 Å². The quantitative estimate of drug-likeness (QED) is 0.892. The van der Waals surface area contributed by atoms with E-state index in [1.165, 1.54) is 35.3 Å². The van der Waals surface area contributed by atoms with E-state index < -0.39 is 0 Å². The molecule has 0 fully saturated rings. The van der Waals surface area contributed by atoms with Crippen molar-refractivity contribution in [1.82, 2.24) is 0 Å². The molecule has 3 rings (SSSR count). The van der Waals surface area contributed by atoms with E-state index in [0.29, 0.717) is 6.04 Å². The number of para-hydroxylation sites is 2. The molecule has 0 amide bonds. The van der Waals surface area contributed by atoms with Crippen LogP contribution in [0, 0.1) is 0 Å². The minimum Gasteiger partial charge on any atom is -0.377 e. The second kappa shape index (κ2) is 4.96. The molecule has 2 heteroatoms. The van der Waals surface area contributed by atoms with Crippen LogP contribution < -0.4 is 10.2 Å². The molecule has 0 spiro atoms. The van der Waals surface area contributed by atoms with Crippen molar-refractivity contribution in [3.05, 3.63) is 59.7 Å². The Hall–Kier alpha value is -1.96. The van der Waals surface area contributed by atoms with Crippen LogP contribution in [0.3, 0.4) is 0 Å². The molecule has 1 N–H and O–H groups in total. The zero-order valence-corrected chi connectivity index (χ0v) is 11.6. The molecule has 1 unspecified atom stereocenters. The molecule has 1 aliphatic rings. The van der Waals surface area contributed by atoms with Crippen LogP contribution in [-0.2, 0) is 6.42 Å². The number of anilines is 2. The molecule has 0 heterocycles. The monoisotopic (exact) mass is 252 g/mol. The van der Waals surface area contributed by atoms with E-state index in [9.17, 15) is 0 Å². The topological polar surface area (TPSA) is 15.3 Å². The van der Waals surface area contributed by atoms with E-state index in [2.05, 4.69) is 72.8 Å². The molecule has 2 nitrogen and oxygen atoms in total. The van der Waals surface area contributed by atoms with Crippen molar-refractivity contribution in [3.63, 3.8) is 0 Å². The molecule has 0 bridgehead atoms. The summed E-state index contributed by atoms with van der Waals surface area (Å²) < 4.78 is 0. The van der Waals surface area contributed by atoms with Gasteiger partial charge in [-0.3, -0.25) is 0 Å². The van der Waals surface area contributed by atoms with E-state index in [1.54, 1.807) is 0 Å². The maximum absolute atomic E-state index is 3.71. The first-order valence-electron chi connectivity index (χ1n) is 6.86. The van der Waals surface area contributed by atoms with Crippen molar-refractivity contribution < 1.29 is 0 Å². The molecule has 0 saturated heterocycles. The summed E-state index contributed by atoms with van der Waals surface area (Å²) in [6, 6.07) is 17.7. The predicted octanol–water partition coefficient (Wildman–Crippen LogP) is 3.85. The largest absolute Gasteiger partial charge is 0.377 e. The third-order valence-corrected chi connectivity index (χ3v) is 3.85. The van der Waals surface area contributed by atoms with Gasteiger partial charge in [0.1, 0.15) is 0 Å². The van der Waals surface area contributed by atoms with Gasteiger partial charge >= 0.3 is 0 Å². The third kappa shape index (κ3) is 2.30. The summed E-state index contributed by atoms with van der Waals surface area (Å²) in [5.74, 6) is 0. The molecule has 0 aromatic heterocycles. The fourth-order valence-electron chi connectivity index (χ4n) is 2.88. The Morgan fingerprint density at radius 1 is 1.00 bits per heavy atom. The maximum Gasteiger partial charge on any atom is 0.0596 e. The second-order valence-electron chi connectivity index (χ2n) is 5.35. The summed E-state index contributed by atoms with van der Waals surface area (Å²) in [5.41, 5.74) is 5.40. The van der Waals surface area contributed by atoms with Crippen molar-refractivity contribution in [3.8, 4) is 0 Å². The number of rotatable bonds is 3. The lowest BCUT2D eigenvalue weighted by Crippen LogP contribution is -2.14. The lowest BCUT2D eigenvalue weighted by Gasteiger charge is -2.22. The Balaban J connectivity index is 1.88. The fraction of sp³-hybridized carbons (Fsp3) is 0.294. The highest BCUT2D eigenvalue weighted by molar-refractivity contribution is 5.70. The number of fused-ring (bicyclic) bond motifs is 1. The Labute approximate surface area is 115 Å². The first-order chi connectivity index (χ1) is 9.25. The van der Waals surface area contributed by atoms with Crippen LogP contribution in [0.25, 0.3) is 0 Å². The van der Waals surface area contributed by atoms with Crippen LogP contribution in [0.2, 0.25) is 0 Å². The van der Waals surface area contributed by atoms with E-state index in [0.717, 1.165) is 0 Å². The summed E-state index contributed by atoms with van der Waals surface area (Å²) in [7, 11) is 4.17. The number of hydrogen-bond donors (Lipinski definition) is 1. The van der Waals surface area contributed by atoms with Gasteiger partial charge in [-0.25, -0.2) is 0 Å². The van der Waals surface area contributed by atoms with E-state index in [-0.39, 0.29) is 0 Å². The molecular weight excluding hydrogens is 232 g/mol. The van der Waals surface area contributed by atoms with Crippen LogP contribution in [-0.4, -0.2) is 14.1 Å². The predicted molar refractivity (Wildman–Crippen MR) is 81.9 cm³/mol. The minimum atomic E-state index is 0.442. The third-order valence-electron chi connectivity index (χ3n) is 3.85. The SMILES string of the molecule is CN(C)c1ccccc1NC1CCc2ccccc21. The Kier molecular flexibility index (Phi) is 3.16. The highest BCUT2D eigenvalue weighted by atomic mass is 15.1. The highest BCUT2D eigenvalue weighted by Crippen LogP contribution is 2.35. The average molecular weight is 252 g/mol. The summed E-state index contributed by atoms with van der Waals surface area (Å²) in [5, 5.41) is 3.71. The van der Waals surface area contributed by atoms with Gasteiger partial charge in [0.25, 0.3) is 0 Å². The van der Waals surface area contributed by atoms with Crippen molar-refractivity contribution in [2.24, 2.45) is 0 Å². The molecule has 1 aliphatic carbocycles. The Morgan fingerprint density at radius 2 is 1.74 bits per heavy atom. The smallest absolute Gasteiger partial charge is 0.0596 e. The molecule has 0 radical (unpaired) electrons. The van der Waals surface area contributed by atoms with E-state index >= 15 is 0 Å². The highest BCUT2D eigenvalue weighted by Gasteiger charge is 2.22. The van der Waals surface area contributed by atoms with Gasteiger partial charge in [0.15, 0.2) is 0 Å². The number of aryl methyl sites for hydroxylation is 1. The molecule has 2 aromatic rings. The number of hydrogen-bond acceptors (Lipinski definition) is 2. The van der Waals surface area contributed by atoms with Crippen LogP contribution in [0.5, 0.6) is 0 Å². The number of benzene rings is 2. The molecule has 0 aliphatic heterocycles. The van der Waals surface area contributed by atoms with Gasteiger partial charge in [-0.15, -0.1) is 0 Å². The number of nitrogens with zero attached hydrogens (tertiary/aromatic N) is 1. The molecule has 2 aromatic carbocycles. The number of nitrogens with one attached hydrogen (secondary N) is 1. The molecule has 1 atom stereocenters. The minimum absolute atomic E-state index is 0.442. The van der Waals surface area contributed by atoms with Crippen molar-refractivity contribution in [2.45, 2.75) is 18.9 Å². The summed E-state index contributed by atoms with van der Waals surface area (Å²) in [6.07, 6.45) is 2.36. The van der Waals surface area contributed by atoms with Gasteiger partial charge in [-0.1, -0.05) is 36.4 Å². The van der Waals surface area contributed by atoms with Gasteiger partial charge in [0.2, 0.25) is 0 Å². The van der Waals surface area contributed by atoms with Crippen LogP contribution >= 0.6 is 0 Å². The van der Waals surface area contributed by atoms with Crippen LogP contribution in [0.1, 0.15) is 23.6 Å². The van der Waals surface area contributed by atoms with Gasteiger partial charge in [0.05, 0.1) is 17.4 Å². The lowest BCUT2D eigenvalue weighted by molar-refractivity contribution is 0.761. The van der Waals surface area contributed by atoms with Crippen molar-refractivity contribution >= 4 is 11.4 Å². The maximum atomic E-state index is 3.71. The first kappa shape index (κ1) is 12.1. The van der Waals surface area contributed by atoms with Crippen molar-refractivity contribution in [1.29, 1.82) is 0 Å². The summed E-state index contributed by atoms with van der Waals surface area (Å²) in [6.45, 7) is 0. The lowest BCUT2D eigenvalue weighted by atomic mass is 10.1. The second-order valence-corrected chi connectivity index (χ2v) is 5.35. The zero-order valence-electron chi connectivity index (χ0n) is 11.6. The fourth-order valence-corrected chi connectivity index (χ4v) is 2.88. The van der Waals surface area contributed by atoms with Gasteiger partial charge in [-0.2, -0.15) is 0 Å². The molecule has 0 saturated carbocycles. The van der Waals surface area contributed by atoms with Crippen LogP contribution in [0.15, 0.2) is 48.5 Å². The molecule has 98 valence electrons. The van der Waals surface area contributed by atoms with Crippen LogP contribution in [0.4, 0.5) is 11.4 Å². The average Bonchev–Trinajstić information content (AvgIpc) is 2.83. The Morgan fingerprint density at radius 3 is 2.58 bits per heavy atom. The molecular formula is C17H20N2. The summed E-state index contributed by atoms with van der Waals surface area (Å²) >= 11 is 0. The van der Waals surface area contributed by atoms with E-state index in [1.807, 2.05) is 0 Å². The van der Waals surface area contributed by atoms with Gasteiger partial charge < -0.3 is 10.2 Å². The first-order valence-corrected chi connectivity index (χ1v) is 6.86. The molecule has 19 heavy (non-hydrogen) atoms.